The summed E-state index contributed by atoms with van der Waals surface area (Å²) in [5, 5.41) is 10.4. The third-order valence-electron chi connectivity index (χ3n) is 3.45. The molecule has 0 aliphatic heterocycles. The standard InChI is InChI=1S/C12H25NO/c1-3-13(4-2)11-12(14)9-7-5-6-8-10-12/h14H,3-11H2,1-2H3. The quantitative estimate of drug-likeness (QED) is 0.703. The molecule has 0 heterocycles. The SMILES string of the molecule is CCN(CC)CC1(O)CCCCCC1. The van der Waals surface area contributed by atoms with Crippen LogP contribution in [0.25, 0.3) is 0 Å². The van der Waals surface area contributed by atoms with E-state index in [1.165, 1.54) is 25.7 Å². The molecule has 2 nitrogen and oxygen atoms in total. The van der Waals surface area contributed by atoms with Crippen molar-refractivity contribution in [3.05, 3.63) is 0 Å². The van der Waals surface area contributed by atoms with Crippen LogP contribution < -0.4 is 0 Å². The molecule has 0 radical (unpaired) electrons. The summed E-state index contributed by atoms with van der Waals surface area (Å²) < 4.78 is 0. The van der Waals surface area contributed by atoms with Crippen LogP contribution in [0.3, 0.4) is 0 Å². The van der Waals surface area contributed by atoms with Gasteiger partial charge in [0.2, 0.25) is 0 Å². The fourth-order valence-corrected chi connectivity index (χ4v) is 2.41. The lowest BCUT2D eigenvalue weighted by Crippen LogP contribution is -2.42. The first-order valence-corrected chi connectivity index (χ1v) is 6.15. The van der Waals surface area contributed by atoms with Crippen molar-refractivity contribution in [2.45, 2.75) is 58.0 Å². The van der Waals surface area contributed by atoms with Gasteiger partial charge in [-0.1, -0.05) is 39.5 Å². The van der Waals surface area contributed by atoms with E-state index in [4.69, 9.17) is 0 Å². The summed E-state index contributed by atoms with van der Waals surface area (Å²) in [6.07, 6.45) is 7.03. The highest BCUT2D eigenvalue weighted by molar-refractivity contribution is 4.83. The Hall–Kier alpha value is -0.0800. The predicted molar refractivity (Wildman–Crippen MR) is 60.4 cm³/mol. The molecule has 0 aromatic rings. The molecule has 0 saturated heterocycles. The van der Waals surface area contributed by atoms with Gasteiger partial charge in [-0.3, -0.25) is 0 Å². The van der Waals surface area contributed by atoms with E-state index in [1.807, 2.05) is 0 Å². The number of hydrogen-bond donors (Lipinski definition) is 1. The summed E-state index contributed by atoms with van der Waals surface area (Å²) >= 11 is 0. The first-order valence-electron chi connectivity index (χ1n) is 6.15. The molecule has 0 spiro atoms. The maximum atomic E-state index is 10.4. The van der Waals surface area contributed by atoms with E-state index in [1.54, 1.807) is 0 Å². The summed E-state index contributed by atoms with van der Waals surface area (Å²) in [6, 6.07) is 0. The lowest BCUT2D eigenvalue weighted by Gasteiger charge is -2.32. The molecule has 0 bridgehead atoms. The van der Waals surface area contributed by atoms with Crippen LogP contribution in [0.1, 0.15) is 52.4 Å². The molecule has 84 valence electrons. The van der Waals surface area contributed by atoms with Gasteiger partial charge in [0.05, 0.1) is 5.60 Å². The first kappa shape index (κ1) is 12.0. The van der Waals surface area contributed by atoms with Crippen molar-refractivity contribution in [3.8, 4) is 0 Å². The van der Waals surface area contributed by atoms with E-state index < -0.39 is 0 Å². The zero-order valence-electron chi connectivity index (χ0n) is 9.76. The molecule has 1 aliphatic rings. The zero-order chi connectivity index (χ0) is 10.4. The van der Waals surface area contributed by atoms with Crippen molar-refractivity contribution < 1.29 is 5.11 Å². The van der Waals surface area contributed by atoms with Crippen molar-refractivity contribution >= 4 is 0 Å². The largest absolute Gasteiger partial charge is 0.389 e. The van der Waals surface area contributed by atoms with Crippen molar-refractivity contribution in [1.82, 2.24) is 4.90 Å². The molecule has 1 fully saturated rings. The number of aliphatic hydroxyl groups is 1. The second kappa shape index (κ2) is 5.72. The van der Waals surface area contributed by atoms with Gasteiger partial charge in [-0.05, 0) is 25.9 Å². The molecule has 2 heteroatoms. The highest BCUT2D eigenvalue weighted by Gasteiger charge is 2.29. The Morgan fingerprint density at radius 3 is 1.93 bits per heavy atom. The Labute approximate surface area is 88.3 Å². The summed E-state index contributed by atoms with van der Waals surface area (Å²) in [6.45, 7) is 7.32. The number of rotatable bonds is 4. The van der Waals surface area contributed by atoms with Gasteiger partial charge in [0.25, 0.3) is 0 Å². The molecule has 1 aliphatic carbocycles. The average Bonchev–Trinajstić information content (AvgIpc) is 2.40. The summed E-state index contributed by atoms with van der Waals surface area (Å²) in [5.74, 6) is 0. The van der Waals surface area contributed by atoms with Gasteiger partial charge >= 0.3 is 0 Å². The van der Waals surface area contributed by atoms with E-state index >= 15 is 0 Å². The highest BCUT2D eigenvalue weighted by atomic mass is 16.3. The van der Waals surface area contributed by atoms with E-state index in [0.717, 1.165) is 32.5 Å². The van der Waals surface area contributed by atoms with Crippen LogP contribution in [-0.4, -0.2) is 35.2 Å². The van der Waals surface area contributed by atoms with Crippen LogP contribution in [0.4, 0.5) is 0 Å². The average molecular weight is 199 g/mol. The minimum atomic E-state index is -0.386. The van der Waals surface area contributed by atoms with Gasteiger partial charge in [0.1, 0.15) is 0 Å². The van der Waals surface area contributed by atoms with E-state index in [0.29, 0.717) is 0 Å². The van der Waals surface area contributed by atoms with Gasteiger partial charge in [0, 0.05) is 6.54 Å². The third-order valence-corrected chi connectivity index (χ3v) is 3.45. The molecule has 0 unspecified atom stereocenters. The second-order valence-corrected chi connectivity index (χ2v) is 4.60. The summed E-state index contributed by atoms with van der Waals surface area (Å²) in [5.41, 5.74) is -0.386. The van der Waals surface area contributed by atoms with E-state index in [2.05, 4.69) is 18.7 Å². The molecule has 1 N–H and O–H groups in total. The Morgan fingerprint density at radius 2 is 1.50 bits per heavy atom. The maximum absolute atomic E-state index is 10.4. The van der Waals surface area contributed by atoms with Crippen LogP contribution in [0.15, 0.2) is 0 Å². The van der Waals surface area contributed by atoms with Crippen molar-refractivity contribution in [2.75, 3.05) is 19.6 Å². The number of hydrogen-bond acceptors (Lipinski definition) is 2. The van der Waals surface area contributed by atoms with Crippen LogP contribution >= 0.6 is 0 Å². The minimum absolute atomic E-state index is 0.386. The van der Waals surface area contributed by atoms with Crippen LogP contribution in [0.5, 0.6) is 0 Å². The molecule has 1 saturated carbocycles. The summed E-state index contributed by atoms with van der Waals surface area (Å²) in [7, 11) is 0. The minimum Gasteiger partial charge on any atom is -0.389 e. The Balaban J connectivity index is 2.44. The third kappa shape index (κ3) is 3.58. The van der Waals surface area contributed by atoms with E-state index in [-0.39, 0.29) is 5.60 Å². The van der Waals surface area contributed by atoms with Crippen molar-refractivity contribution in [1.29, 1.82) is 0 Å². The fraction of sp³-hybridized carbons (Fsp3) is 1.00. The Morgan fingerprint density at radius 1 is 1.00 bits per heavy atom. The molecular formula is C12H25NO. The number of likely N-dealkylation sites (N-methyl/N-ethyl adjacent to an activating group) is 1. The van der Waals surface area contributed by atoms with Crippen LogP contribution in [0.2, 0.25) is 0 Å². The maximum Gasteiger partial charge on any atom is 0.0774 e. The van der Waals surface area contributed by atoms with E-state index in [9.17, 15) is 5.11 Å². The molecular weight excluding hydrogens is 174 g/mol. The molecule has 0 atom stereocenters. The number of nitrogens with zero attached hydrogens (tertiary/aromatic N) is 1. The lowest BCUT2D eigenvalue weighted by molar-refractivity contribution is -0.00699. The van der Waals surface area contributed by atoms with Crippen LogP contribution in [0, 0.1) is 0 Å². The van der Waals surface area contributed by atoms with Gasteiger partial charge in [-0.2, -0.15) is 0 Å². The topological polar surface area (TPSA) is 23.5 Å². The molecule has 14 heavy (non-hydrogen) atoms. The molecule has 0 aromatic heterocycles. The Bertz CT molecular complexity index is 146. The molecule has 1 rings (SSSR count). The van der Waals surface area contributed by atoms with Crippen LogP contribution in [-0.2, 0) is 0 Å². The smallest absolute Gasteiger partial charge is 0.0774 e. The monoisotopic (exact) mass is 199 g/mol. The highest BCUT2D eigenvalue weighted by Crippen LogP contribution is 2.27. The van der Waals surface area contributed by atoms with Gasteiger partial charge in [-0.25, -0.2) is 0 Å². The van der Waals surface area contributed by atoms with Gasteiger partial charge < -0.3 is 10.0 Å². The summed E-state index contributed by atoms with van der Waals surface area (Å²) in [4.78, 5) is 2.34. The predicted octanol–water partition coefficient (Wildman–Crippen LogP) is 2.41. The zero-order valence-corrected chi connectivity index (χ0v) is 9.76. The first-order chi connectivity index (χ1) is 6.70. The van der Waals surface area contributed by atoms with Gasteiger partial charge in [-0.15, -0.1) is 0 Å². The van der Waals surface area contributed by atoms with Crippen molar-refractivity contribution in [2.24, 2.45) is 0 Å². The Kier molecular flexibility index (Phi) is 4.90. The normalized spacial score (nSPS) is 22.3. The second-order valence-electron chi connectivity index (χ2n) is 4.60. The molecule has 0 aromatic carbocycles. The van der Waals surface area contributed by atoms with Crippen molar-refractivity contribution in [3.63, 3.8) is 0 Å². The lowest BCUT2D eigenvalue weighted by atomic mass is 9.94. The fourth-order valence-electron chi connectivity index (χ4n) is 2.41. The molecule has 0 amide bonds. The van der Waals surface area contributed by atoms with Gasteiger partial charge in [0.15, 0.2) is 0 Å².